The lowest BCUT2D eigenvalue weighted by Gasteiger charge is -2.14. The van der Waals surface area contributed by atoms with E-state index in [-0.39, 0.29) is 0 Å². The average molecular weight is 769 g/mol. The fourth-order valence-electron chi connectivity index (χ4n) is 8.82. The normalized spacial score (nSPS) is 11.7. The summed E-state index contributed by atoms with van der Waals surface area (Å²) in [7, 11) is 0. The highest BCUT2D eigenvalue weighted by Gasteiger charge is 2.20. The SMILES string of the molecule is c1ccc(-c2cc(-c3ccc(-c4cccc5c4nc(-c4ccc6c7ccccc7c7ccccc7c6c4)c4sc6ccccc6c45)cc3)cc(-c3ccccn3)n2)nc1. The van der Waals surface area contributed by atoms with E-state index in [0.717, 1.165) is 67.2 Å². The maximum absolute atomic E-state index is 5.65. The predicted octanol–water partition coefficient (Wildman–Crippen LogP) is 14.6. The van der Waals surface area contributed by atoms with E-state index in [4.69, 9.17) is 9.97 Å². The maximum atomic E-state index is 5.65. The summed E-state index contributed by atoms with van der Waals surface area (Å²) < 4.78 is 2.47. The first-order valence-electron chi connectivity index (χ1n) is 19.8. The van der Waals surface area contributed by atoms with Crippen molar-refractivity contribution in [3.8, 4) is 56.3 Å². The smallest absolute Gasteiger partial charge is 0.0900 e. The third-order valence-corrected chi connectivity index (χ3v) is 12.7. The second-order valence-electron chi connectivity index (χ2n) is 14.9. The van der Waals surface area contributed by atoms with Gasteiger partial charge < -0.3 is 0 Å². The molecule has 0 bridgehead atoms. The van der Waals surface area contributed by atoms with Gasteiger partial charge in [0.1, 0.15) is 0 Å². The van der Waals surface area contributed by atoms with Crippen LogP contribution >= 0.6 is 11.3 Å². The molecule has 0 saturated heterocycles. The molecule has 0 spiro atoms. The number of hydrogen-bond donors (Lipinski definition) is 0. The van der Waals surface area contributed by atoms with Crippen LogP contribution in [0, 0.1) is 0 Å². The van der Waals surface area contributed by atoms with Crippen LogP contribution in [0.15, 0.2) is 194 Å². The zero-order valence-electron chi connectivity index (χ0n) is 31.7. The molecular weight excluding hydrogens is 737 g/mol. The first kappa shape index (κ1) is 33.5. The van der Waals surface area contributed by atoms with E-state index < -0.39 is 0 Å². The van der Waals surface area contributed by atoms with Gasteiger partial charge in [-0.25, -0.2) is 9.97 Å². The first-order valence-corrected chi connectivity index (χ1v) is 20.6. The molecule has 5 heterocycles. The minimum Gasteiger partial charge on any atom is -0.255 e. The Morgan fingerprint density at radius 1 is 0.339 bits per heavy atom. The lowest BCUT2D eigenvalue weighted by Crippen LogP contribution is -1.94. The van der Waals surface area contributed by atoms with Crippen molar-refractivity contribution >= 4 is 74.7 Å². The number of aromatic nitrogens is 4. The van der Waals surface area contributed by atoms with Gasteiger partial charge in [-0.05, 0) is 97.5 Å². The Kier molecular flexibility index (Phi) is 7.68. The molecule has 0 atom stereocenters. The number of rotatable bonds is 5. The summed E-state index contributed by atoms with van der Waals surface area (Å²) in [6, 6.07) is 64.7. The molecule has 0 fully saturated rings. The highest BCUT2D eigenvalue weighted by Crippen LogP contribution is 2.46. The number of hydrogen-bond acceptors (Lipinski definition) is 5. The monoisotopic (exact) mass is 768 g/mol. The Morgan fingerprint density at radius 2 is 0.881 bits per heavy atom. The largest absolute Gasteiger partial charge is 0.255 e. The Labute approximate surface area is 343 Å². The van der Waals surface area contributed by atoms with E-state index in [9.17, 15) is 0 Å². The van der Waals surface area contributed by atoms with Gasteiger partial charge in [0.25, 0.3) is 0 Å². The van der Waals surface area contributed by atoms with Gasteiger partial charge in [0.05, 0.1) is 38.7 Å². The topological polar surface area (TPSA) is 51.6 Å². The fraction of sp³-hybridized carbons (Fsp3) is 0. The van der Waals surface area contributed by atoms with Crippen LogP contribution in [0.25, 0.3) is 120 Å². The Hall–Kier alpha value is -7.60. The zero-order valence-corrected chi connectivity index (χ0v) is 32.5. The number of pyridine rings is 4. The quantitative estimate of drug-likeness (QED) is 0.164. The summed E-state index contributed by atoms with van der Waals surface area (Å²) in [5, 5.41) is 11.2. The van der Waals surface area contributed by atoms with Crippen molar-refractivity contribution in [2.24, 2.45) is 0 Å². The number of nitrogens with zero attached hydrogens (tertiary/aromatic N) is 4. The molecule has 0 amide bonds. The third kappa shape index (κ3) is 5.51. The van der Waals surface area contributed by atoms with Crippen LogP contribution in [-0.2, 0) is 0 Å². The molecule has 0 aliphatic rings. The Morgan fingerprint density at radius 3 is 1.53 bits per heavy atom. The van der Waals surface area contributed by atoms with Gasteiger partial charge in [-0.2, -0.15) is 0 Å². The summed E-state index contributed by atoms with van der Waals surface area (Å²) in [6.07, 6.45) is 3.61. The molecule has 0 N–H and O–H groups in total. The lowest BCUT2D eigenvalue weighted by atomic mass is 9.92. The van der Waals surface area contributed by atoms with Gasteiger partial charge in [-0.3, -0.25) is 9.97 Å². The molecule has 12 rings (SSSR count). The van der Waals surface area contributed by atoms with Gasteiger partial charge >= 0.3 is 0 Å². The molecule has 0 aliphatic heterocycles. The maximum Gasteiger partial charge on any atom is 0.0900 e. The van der Waals surface area contributed by atoms with Gasteiger partial charge in [-0.1, -0.05) is 133 Å². The highest BCUT2D eigenvalue weighted by atomic mass is 32.1. The lowest BCUT2D eigenvalue weighted by molar-refractivity contribution is 1.22. The molecule has 4 nitrogen and oxygen atoms in total. The van der Waals surface area contributed by atoms with Crippen molar-refractivity contribution < 1.29 is 0 Å². The van der Waals surface area contributed by atoms with Crippen molar-refractivity contribution in [3.63, 3.8) is 0 Å². The standard InChI is InChI=1S/C54H32N4S/c1-2-14-40-38(12-1)39-13-3-4-15-41(39)45-30-35(26-27-42(40)45)52-54-51(43-16-5-6-21-50(43)59-54)44-18-11-17-37(53(44)58-52)34-24-22-33(23-25-34)36-31-48(46-19-7-9-28-55-46)57-49(32-36)47-20-8-10-29-56-47/h1-32H. The van der Waals surface area contributed by atoms with Crippen molar-refractivity contribution in [2.75, 3.05) is 0 Å². The Bertz CT molecular complexity index is 3500. The molecule has 0 radical (unpaired) electrons. The molecule has 5 heteroatoms. The highest BCUT2D eigenvalue weighted by molar-refractivity contribution is 7.26. The van der Waals surface area contributed by atoms with Gasteiger partial charge in [-0.15, -0.1) is 11.3 Å². The predicted molar refractivity (Wildman–Crippen MR) is 248 cm³/mol. The van der Waals surface area contributed by atoms with Crippen LogP contribution in [0.3, 0.4) is 0 Å². The summed E-state index contributed by atoms with van der Waals surface area (Å²) in [6.45, 7) is 0. The van der Waals surface area contributed by atoms with Crippen molar-refractivity contribution in [1.82, 2.24) is 19.9 Å². The van der Waals surface area contributed by atoms with E-state index >= 15 is 0 Å². The van der Waals surface area contributed by atoms with Crippen LogP contribution in [0.2, 0.25) is 0 Å². The van der Waals surface area contributed by atoms with Crippen molar-refractivity contribution in [3.05, 3.63) is 194 Å². The third-order valence-electron chi connectivity index (χ3n) is 11.6. The van der Waals surface area contributed by atoms with Crippen LogP contribution in [0.5, 0.6) is 0 Å². The second kappa shape index (κ2) is 13.5. The fourth-order valence-corrected chi connectivity index (χ4v) is 10.1. The van der Waals surface area contributed by atoms with Crippen molar-refractivity contribution in [2.45, 2.75) is 0 Å². The summed E-state index contributed by atoms with van der Waals surface area (Å²) in [4.78, 5) is 19.9. The number of thiophene rings is 1. The Balaban J connectivity index is 1.05. The summed E-state index contributed by atoms with van der Waals surface area (Å²) in [5.41, 5.74) is 10.7. The van der Waals surface area contributed by atoms with Gasteiger partial charge in [0.2, 0.25) is 0 Å². The molecule has 59 heavy (non-hydrogen) atoms. The van der Waals surface area contributed by atoms with Gasteiger partial charge in [0, 0.05) is 44.4 Å². The molecule has 0 aliphatic carbocycles. The molecule has 0 unspecified atom stereocenters. The average Bonchev–Trinajstić information content (AvgIpc) is 3.72. The van der Waals surface area contributed by atoms with Crippen LogP contribution in [0.1, 0.15) is 0 Å². The van der Waals surface area contributed by atoms with Crippen molar-refractivity contribution in [1.29, 1.82) is 0 Å². The minimum atomic E-state index is 0.806. The van der Waals surface area contributed by atoms with Crippen LogP contribution < -0.4 is 0 Å². The van der Waals surface area contributed by atoms with E-state index in [1.807, 2.05) is 47.7 Å². The van der Waals surface area contributed by atoms with E-state index in [2.05, 4.69) is 156 Å². The minimum absolute atomic E-state index is 0.806. The summed E-state index contributed by atoms with van der Waals surface area (Å²) >= 11 is 1.83. The molecule has 274 valence electrons. The van der Waals surface area contributed by atoms with E-state index in [0.29, 0.717) is 0 Å². The van der Waals surface area contributed by atoms with E-state index in [1.54, 1.807) is 12.4 Å². The second-order valence-corrected chi connectivity index (χ2v) is 16.0. The molecule has 7 aromatic carbocycles. The zero-order chi connectivity index (χ0) is 38.9. The molecule has 5 aromatic heterocycles. The first-order chi connectivity index (χ1) is 29.2. The van der Waals surface area contributed by atoms with E-state index in [1.165, 1.54) is 52.5 Å². The number of benzene rings is 7. The molecule has 12 aromatic rings. The summed E-state index contributed by atoms with van der Waals surface area (Å²) in [5.74, 6) is 0. The van der Waals surface area contributed by atoms with Gasteiger partial charge in [0.15, 0.2) is 0 Å². The number of para-hydroxylation sites is 1. The molecular formula is C54H32N4S. The van der Waals surface area contributed by atoms with Crippen LogP contribution in [0.4, 0.5) is 0 Å². The van der Waals surface area contributed by atoms with Crippen LogP contribution in [-0.4, -0.2) is 19.9 Å². The number of fused-ring (bicyclic) bond motifs is 11. The molecule has 0 saturated carbocycles.